The predicted molar refractivity (Wildman–Crippen MR) is 96.1 cm³/mol. The maximum absolute atomic E-state index is 12.1. The molecule has 0 unspecified atom stereocenters. The Morgan fingerprint density at radius 3 is 2.79 bits per heavy atom. The highest BCUT2D eigenvalue weighted by molar-refractivity contribution is 6.02. The number of hydrogen-bond acceptors (Lipinski definition) is 8. The first-order valence-corrected chi connectivity index (χ1v) is 7.97. The molecule has 3 aromatic rings. The normalized spacial score (nSPS) is 10.6. The van der Waals surface area contributed by atoms with E-state index in [1.165, 1.54) is 18.2 Å². The monoisotopic (exact) mass is 386 g/mol. The largest absolute Gasteiger partial charge is 0.452 e. The first kappa shape index (κ1) is 18.8. The summed E-state index contributed by atoms with van der Waals surface area (Å²) in [5.74, 6) is -1.34. The van der Waals surface area contributed by atoms with Crippen LogP contribution in [-0.2, 0) is 9.53 Å². The second kappa shape index (κ2) is 7.31. The molecule has 2 aromatic heterocycles. The zero-order valence-electron chi connectivity index (χ0n) is 14.8. The number of carbonyl (C=O) groups is 2. The molecule has 0 radical (unpaired) electrons. The van der Waals surface area contributed by atoms with Crippen LogP contribution >= 0.6 is 0 Å². The number of amides is 1. The van der Waals surface area contributed by atoms with Crippen LogP contribution in [0.15, 0.2) is 33.5 Å². The Balaban J connectivity index is 1.72. The van der Waals surface area contributed by atoms with Crippen LogP contribution in [0.1, 0.15) is 21.8 Å². The molecule has 0 fully saturated rings. The van der Waals surface area contributed by atoms with E-state index in [1.54, 1.807) is 13.8 Å². The van der Waals surface area contributed by atoms with Gasteiger partial charge in [0.05, 0.1) is 21.6 Å². The van der Waals surface area contributed by atoms with E-state index in [0.717, 1.165) is 6.07 Å². The van der Waals surface area contributed by atoms with E-state index >= 15 is 0 Å². The minimum Gasteiger partial charge on any atom is -0.452 e. The standard InChI is InChI=1S/C17H14N4O7/c1-8-13-9(2)28-16(14(13)15(23)20-19-8)18-12(22)7-27-17(24)10-4-3-5-11(6-10)21(25)26/h3-6H,7H2,1-2H3,(H,18,22)(H,20,23). The number of nitrogens with one attached hydrogen (secondary N) is 2. The summed E-state index contributed by atoms with van der Waals surface area (Å²) in [5.41, 5.74) is -0.367. The van der Waals surface area contributed by atoms with Crippen molar-refractivity contribution >= 4 is 34.2 Å². The maximum atomic E-state index is 12.1. The predicted octanol–water partition coefficient (Wildman–Crippen LogP) is 1.84. The number of H-pyrrole nitrogens is 1. The molecule has 11 nitrogen and oxygen atoms in total. The lowest BCUT2D eigenvalue weighted by Gasteiger charge is -2.05. The minimum absolute atomic E-state index is 0.0700. The number of nitro benzene ring substituents is 1. The summed E-state index contributed by atoms with van der Waals surface area (Å²) >= 11 is 0. The summed E-state index contributed by atoms with van der Waals surface area (Å²) in [4.78, 5) is 46.2. The van der Waals surface area contributed by atoms with Gasteiger partial charge >= 0.3 is 5.97 Å². The first-order chi connectivity index (χ1) is 13.3. The van der Waals surface area contributed by atoms with E-state index in [9.17, 15) is 24.5 Å². The quantitative estimate of drug-likeness (QED) is 0.382. The summed E-state index contributed by atoms with van der Waals surface area (Å²) in [6.45, 7) is 2.62. The number of aromatic amines is 1. The molecule has 1 amide bonds. The van der Waals surface area contributed by atoms with E-state index < -0.39 is 29.0 Å². The average molecular weight is 386 g/mol. The highest BCUT2D eigenvalue weighted by Crippen LogP contribution is 2.28. The van der Waals surface area contributed by atoms with Crippen LogP contribution < -0.4 is 10.9 Å². The number of rotatable bonds is 5. The number of benzene rings is 1. The van der Waals surface area contributed by atoms with Gasteiger partial charge in [0.2, 0.25) is 5.88 Å². The topological polar surface area (TPSA) is 157 Å². The second-order valence-corrected chi connectivity index (χ2v) is 5.81. The Morgan fingerprint density at radius 2 is 2.07 bits per heavy atom. The van der Waals surface area contributed by atoms with Crippen molar-refractivity contribution in [3.8, 4) is 0 Å². The number of nitro groups is 1. The molecule has 2 N–H and O–H groups in total. The van der Waals surface area contributed by atoms with Crippen molar-refractivity contribution in [2.45, 2.75) is 13.8 Å². The van der Waals surface area contributed by atoms with Gasteiger partial charge in [0.25, 0.3) is 17.2 Å². The van der Waals surface area contributed by atoms with Gasteiger partial charge in [0, 0.05) is 12.1 Å². The first-order valence-electron chi connectivity index (χ1n) is 7.97. The van der Waals surface area contributed by atoms with Gasteiger partial charge in [-0.1, -0.05) is 6.07 Å². The highest BCUT2D eigenvalue weighted by Gasteiger charge is 2.20. The molecule has 0 atom stereocenters. The Bertz CT molecular complexity index is 1160. The number of aromatic nitrogens is 2. The molecule has 0 spiro atoms. The number of anilines is 1. The SMILES string of the molecule is Cc1n[nH]c(=O)c2c(NC(=O)COC(=O)c3cccc([N+](=O)[O-])c3)oc(C)c12. The summed E-state index contributed by atoms with van der Waals surface area (Å²) in [6, 6.07) is 4.92. The van der Waals surface area contributed by atoms with Crippen LogP contribution in [0.3, 0.4) is 0 Å². The van der Waals surface area contributed by atoms with Crippen LogP contribution in [0.2, 0.25) is 0 Å². The van der Waals surface area contributed by atoms with Gasteiger partial charge in [-0.2, -0.15) is 5.10 Å². The number of ether oxygens (including phenoxy) is 1. The molecular formula is C17H14N4O7. The maximum Gasteiger partial charge on any atom is 0.338 e. The third-order valence-corrected chi connectivity index (χ3v) is 3.88. The van der Waals surface area contributed by atoms with Crippen LogP contribution in [-0.4, -0.2) is 33.6 Å². The van der Waals surface area contributed by atoms with Gasteiger partial charge in [-0.05, 0) is 19.9 Å². The molecule has 1 aromatic carbocycles. The van der Waals surface area contributed by atoms with Gasteiger partial charge < -0.3 is 9.15 Å². The third kappa shape index (κ3) is 3.58. The smallest absolute Gasteiger partial charge is 0.338 e. The van der Waals surface area contributed by atoms with Crippen LogP contribution in [0.5, 0.6) is 0 Å². The minimum atomic E-state index is -0.905. The van der Waals surface area contributed by atoms with Crippen molar-refractivity contribution in [1.82, 2.24) is 10.2 Å². The summed E-state index contributed by atoms with van der Waals surface area (Å²) in [7, 11) is 0. The van der Waals surface area contributed by atoms with Crippen molar-refractivity contribution in [3.05, 3.63) is 61.8 Å². The molecule has 0 aliphatic heterocycles. The summed E-state index contributed by atoms with van der Waals surface area (Å²) in [5, 5.41) is 19.9. The summed E-state index contributed by atoms with van der Waals surface area (Å²) in [6.07, 6.45) is 0. The van der Waals surface area contributed by atoms with Gasteiger partial charge in [-0.3, -0.25) is 25.0 Å². The Kier molecular flexibility index (Phi) is 4.90. The molecule has 28 heavy (non-hydrogen) atoms. The number of non-ortho nitro benzene ring substituents is 1. The van der Waals surface area contributed by atoms with E-state index in [0.29, 0.717) is 16.8 Å². The Morgan fingerprint density at radius 1 is 1.32 bits per heavy atom. The molecule has 0 aliphatic carbocycles. The van der Waals surface area contributed by atoms with Crippen molar-refractivity contribution in [1.29, 1.82) is 0 Å². The third-order valence-electron chi connectivity index (χ3n) is 3.88. The second-order valence-electron chi connectivity index (χ2n) is 5.81. The number of fused-ring (bicyclic) bond motifs is 1. The molecule has 2 heterocycles. The number of aryl methyl sites for hydroxylation is 2. The van der Waals surface area contributed by atoms with E-state index in [2.05, 4.69) is 15.5 Å². The molecule has 3 rings (SSSR count). The molecule has 11 heteroatoms. The molecule has 0 bridgehead atoms. The van der Waals surface area contributed by atoms with Crippen molar-refractivity contribution < 1.29 is 23.7 Å². The van der Waals surface area contributed by atoms with E-state index in [1.807, 2.05) is 0 Å². The van der Waals surface area contributed by atoms with Crippen LogP contribution in [0.25, 0.3) is 10.8 Å². The fourth-order valence-electron chi connectivity index (χ4n) is 2.66. The Labute approximate surface area is 156 Å². The number of nitrogens with zero attached hydrogens (tertiary/aromatic N) is 2. The van der Waals surface area contributed by atoms with Crippen molar-refractivity contribution in [2.24, 2.45) is 0 Å². The molecule has 0 saturated carbocycles. The summed E-state index contributed by atoms with van der Waals surface area (Å²) < 4.78 is 10.3. The number of furan rings is 1. The van der Waals surface area contributed by atoms with Gasteiger partial charge in [0.15, 0.2) is 6.61 Å². The average Bonchev–Trinajstić information content (AvgIpc) is 3.00. The highest BCUT2D eigenvalue weighted by atomic mass is 16.6. The number of hydrogen-bond donors (Lipinski definition) is 2. The lowest BCUT2D eigenvalue weighted by Crippen LogP contribution is -2.21. The fraction of sp³-hybridized carbons (Fsp3) is 0.176. The Hall–Kier alpha value is -4.02. The lowest BCUT2D eigenvalue weighted by atomic mass is 10.2. The van der Waals surface area contributed by atoms with Crippen molar-refractivity contribution in [2.75, 3.05) is 11.9 Å². The van der Waals surface area contributed by atoms with Crippen LogP contribution in [0.4, 0.5) is 11.6 Å². The molecular weight excluding hydrogens is 372 g/mol. The van der Waals surface area contributed by atoms with Crippen LogP contribution in [0, 0.1) is 24.0 Å². The zero-order valence-corrected chi connectivity index (χ0v) is 14.8. The molecule has 0 aliphatic rings. The van der Waals surface area contributed by atoms with E-state index in [4.69, 9.17) is 9.15 Å². The van der Waals surface area contributed by atoms with Crippen molar-refractivity contribution in [3.63, 3.8) is 0 Å². The number of carbonyl (C=O) groups excluding carboxylic acids is 2. The van der Waals surface area contributed by atoms with E-state index in [-0.39, 0.29) is 22.5 Å². The fourth-order valence-corrected chi connectivity index (χ4v) is 2.66. The van der Waals surface area contributed by atoms with Gasteiger partial charge in [0.1, 0.15) is 11.1 Å². The lowest BCUT2D eigenvalue weighted by molar-refractivity contribution is -0.384. The molecule has 0 saturated heterocycles. The number of esters is 1. The van der Waals surface area contributed by atoms with Gasteiger partial charge in [-0.25, -0.2) is 9.89 Å². The zero-order chi connectivity index (χ0) is 20.4. The van der Waals surface area contributed by atoms with Gasteiger partial charge in [-0.15, -0.1) is 0 Å². The molecule has 144 valence electrons.